The van der Waals surface area contributed by atoms with E-state index >= 15 is 0 Å². The smallest absolute Gasteiger partial charge is 0.332 e. The number of rotatable bonds is 2. The first-order valence-corrected chi connectivity index (χ1v) is 8.45. The van der Waals surface area contributed by atoms with E-state index in [2.05, 4.69) is 20.9 Å². The summed E-state index contributed by atoms with van der Waals surface area (Å²) in [5.41, 5.74) is 0.438. The Hall–Kier alpha value is -2.26. The van der Waals surface area contributed by atoms with Crippen molar-refractivity contribution in [3.05, 3.63) is 48.3 Å². The second kappa shape index (κ2) is 5.63. The van der Waals surface area contributed by atoms with E-state index in [-0.39, 0.29) is 29.8 Å². The molecular formula is C15H12BrClN4O4. The molecule has 0 unspecified atom stereocenters. The summed E-state index contributed by atoms with van der Waals surface area (Å²) in [4.78, 5) is 28.8. The lowest BCUT2D eigenvalue weighted by atomic mass is 10.2. The molecule has 0 saturated heterocycles. The summed E-state index contributed by atoms with van der Waals surface area (Å²) in [5.74, 6) is 1.27. The van der Waals surface area contributed by atoms with E-state index in [9.17, 15) is 9.59 Å². The van der Waals surface area contributed by atoms with Gasteiger partial charge in [0.2, 0.25) is 12.1 Å². The zero-order valence-corrected chi connectivity index (χ0v) is 15.6. The minimum absolute atomic E-state index is 0.123. The second-order valence-corrected chi connectivity index (χ2v) is 6.83. The summed E-state index contributed by atoms with van der Waals surface area (Å²) in [5, 5.41) is 0.123. The highest BCUT2D eigenvalue weighted by Gasteiger charge is 2.21. The number of benzene rings is 1. The molecule has 2 aromatic heterocycles. The SMILES string of the molecule is Cn1c(=O)c2c(nc(Cl)n2Cc2cc3c(cc2Br)OCO3)n(C)c1=O. The molecule has 0 spiro atoms. The van der Waals surface area contributed by atoms with Crippen LogP contribution in [0, 0.1) is 0 Å². The van der Waals surface area contributed by atoms with E-state index in [1.807, 2.05) is 6.07 Å². The van der Waals surface area contributed by atoms with Crippen molar-refractivity contribution in [3.63, 3.8) is 0 Å². The fraction of sp³-hybridized carbons (Fsp3) is 0.267. The highest BCUT2D eigenvalue weighted by Crippen LogP contribution is 2.37. The first kappa shape index (κ1) is 16.2. The molecule has 1 aliphatic heterocycles. The van der Waals surface area contributed by atoms with Crippen LogP contribution < -0.4 is 20.7 Å². The van der Waals surface area contributed by atoms with Crippen LogP contribution in [0.3, 0.4) is 0 Å². The highest BCUT2D eigenvalue weighted by atomic mass is 79.9. The van der Waals surface area contributed by atoms with E-state index in [1.165, 1.54) is 11.6 Å². The van der Waals surface area contributed by atoms with Crippen molar-refractivity contribution in [1.82, 2.24) is 18.7 Å². The Kier molecular flexibility index (Phi) is 3.66. The fourth-order valence-electron chi connectivity index (χ4n) is 2.81. The maximum atomic E-state index is 12.6. The molecule has 1 aromatic carbocycles. The van der Waals surface area contributed by atoms with Gasteiger partial charge in [0.25, 0.3) is 5.56 Å². The number of fused-ring (bicyclic) bond motifs is 2. The quantitative estimate of drug-likeness (QED) is 0.581. The van der Waals surface area contributed by atoms with Crippen molar-refractivity contribution in [2.24, 2.45) is 14.1 Å². The maximum absolute atomic E-state index is 12.6. The molecule has 130 valence electrons. The van der Waals surface area contributed by atoms with Crippen LogP contribution in [0.5, 0.6) is 11.5 Å². The third-order valence-corrected chi connectivity index (χ3v) is 5.20. The average Bonchev–Trinajstić information content (AvgIpc) is 3.16. The van der Waals surface area contributed by atoms with Crippen LogP contribution in [-0.2, 0) is 20.6 Å². The van der Waals surface area contributed by atoms with Gasteiger partial charge in [0.15, 0.2) is 22.7 Å². The van der Waals surface area contributed by atoms with Crippen LogP contribution in [0.4, 0.5) is 0 Å². The van der Waals surface area contributed by atoms with Gasteiger partial charge in [-0.2, -0.15) is 4.98 Å². The van der Waals surface area contributed by atoms with Crippen molar-refractivity contribution in [2.45, 2.75) is 6.54 Å². The van der Waals surface area contributed by atoms with Gasteiger partial charge in [-0.3, -0.25) is 13.9 Å². The van der Waals surface area contributed by atoms with Gasteiger partial charge in [-0.1, -0.05) is 15.9 Å². The van der Waals surface area contributed by atoms with E-state index in [4.69, 9.17) is 21.1 Å². The molecule has 3 heterocycles. The monoisotopic (exact) mass is 426 g/mol. The molecule has 0 fully saturated rings. The Morgan fingerprint density at radius 3 is 2.60 bits per heavy atom. The van der Waals surface area contributed by atoms with Crippen LogP contribution >= 0.6 is 27.5 Å². The summed E-state index contributed by atoms with van der Waals surface area (Å²) >= 11 is 9.75. The number of hydrogen-bond acceptors (Lipinski definition) is 5. The summed E-state index contributed by atoms with van der Waals surface area (Å²) in [6.45, 7) is 0.447. The molecule has 0 N–H and O–H groups in total. The predicted octanol–water partition coefficient (Wildman–Crippen LogP) is 1.63. The highest BCUT2D eigenvalue weighted by molar-refractivity contribution is 9.10. The molecular weight excluding hydrogens is 416 g/mol. The van der Waals surface area contributed by atoms with Gasteiger partial charge in [-0.25, -0.2) is 4.79 Å². The summed E-state index contributed by atoms with van der Waals surface area (Å²) < 4.78 is 15.4. The number of halogens is 2. The van der Waals surface area contributed by atoms with Gasteiger partial charge >= 0.3 is 5.69 Å². The third-order valence-electron chi connectivity index (χ3n) is 4.17. The lowest BCUT2D eigenvalue weighted by Gasteiger charge is -2.10. The lowest BCUT2D eigenvalue weighted by Crippen LogP contribution is -2.37. The second-order valence-electron chi connectivity index (χ2n) is 5.64. The Morgan fingerprint density at radius 2 is 1.88 bits per heavy atom. The Labute approximate surface area is 154 Å². The minimum atomic E-state index is -0.455. The zero-order chi connectivity index (χ0) is 17.9. The largest absolute Gasteiger partial charge is 0.454 e. The average molecular weight is 428 g/mol. The minimum Gasteiger partial charge on any atom is -0.454 e. The van der Waals surface area contributed by atoms with Gasteiger partial charge < -0.3 is 14.0 Å². The van der Waals surface area contributed by atoms with Crippen molar-refractivity contribution in [3.8, 4) is 11.5 Å². The molecule has 0 amide bonds. The first-order valence-electron chi connectivity index (χ1n) is 7.28. The number of imidazole rings is 1. The van der Waals surface area contributed by atoms with E-state index in [0.29, 0.717) is 11.5 Å². The molecule has 0 aliphatic carbocycles. The standard InChI is InChI=1S/C15H12BrClN4O4/c1-19-12-11(13(22)20(2)15(19)23)21(14(17)18-12)5-7-3-9-10(4-8(7)16)25-6-24-9/h3-4H,5-6H2,1-2H3. The van der Waals surface area contributed by atoms with E-state index < -0.39 is 11.2 Å². The number of aromatic nitrogens is 4. The summed E-state index contributed by atoms with van der Waals surface area (Å²) in [6, 6.07) is 3.62. The summed E-state index contributed by atoms with van der Waals surface area (Å²) in [6.07, 6.45) is 0. The van der Waals surface area contributed by atoms with Gasteiger partial charge in [0.05, 0.1) is 6.54 Å². The number of nitrogens with zero attached hydrogens (tertiary/aromatic N) is 4. The third kappa shape index (κ3) is 2.37. The number of ether oxygens (including phenoxy) is 2. The molecule has 3 aromatic rings. The van der Waals surface area contributed by atoms with Crippen molar-refractivity contribution in [1.29, 1.82) is 0 Å². The van der Waals surface area contributed by atoms with Gasteiger partial charge in [0.1, 0.15) is 0 Å². The van der Waals surface area contributed by atoms with Crippen LogP contribution in [-0.4, -0.2) is 25.5 Å². The van der Waals surface area contributed by atoms with Crippen LogP contribution in [0.25, 0.3) is 11.2 Å². The fourth-order valence-corrected chi connectivity index (χ4v) is 3.49. The first-order chi connectivity index (χ1) is 11.9. The molecule has 0 radical (unpaired) electrons. The maximum Gasteiger partial charge on any atom is 0.332 e. The van der Waals surface area contributed by atoms with Gasteiger partial charge in [-0.05, 0) is 29.3 Å². The van der Waals surface area contributed by atoms with Gasteiger partial charge in [0, 0.05) is 18.6 Å². The molecule has 0 atom stereocenters. The van der Waals surface area contributed by atoms with Crippen molar-refractivity contribution < 1.29 is 9.47 Å². The zero-order valence-electron chi connectivity index (χ0n) is 13.2. The number of aryl methyl sites for hydroxylation is 1. The number of hydrogen-bond donors (Lipinski definition) is 0. The molecule has 25 heavy (non-hydrogen) atoms. The Morgan fingerprint density at radius 1 is 1.20 bits per heavy atom. The Bertz CT molecular complexity index is 1150. The normalized spacial score (nSPS) is 13.0. The van der Waals surface area contributed by atoms with Crippen molar-refractivity contribution >= 4 is 38.7 Å². The Balaban J connectivity index is 1.93. The molecule has 4 rings (SSSR count). The van der Waals surface area contributed by atoms with Crippen LogP contribution in [0.2, 0.25) is 5.28 Å². The molecule has 1 aliphatic rings. The van der Waals surface area contributed by atoms with Crippen molar-refractivity contribution in [2.75, 3.05) is 6.79 Å². The van der Waals surface area contributed by atoms with E-state index in [1.54, 1.807) is 17.7 Å². The molecule has 0 saturated carbocycles. The molecule has 10 heteroatoms. The molecule has 0 bridgehead atoms. The van der Waals surface area contributed by atoms with Crippen LogP contribution in [0.1, 0.15) is 5.56 Å². The predicted molar refractivity (Wildman–Crippen MR) is 94.6 cm³/mol. The lowest BCUT2D eigenvalue weighted by molar-refractivity contribution is 0.174. The van der Waals surface area contributed by atoms with E-state index in [0.717, 1.165) is 14.6 Å². The van der Waals surface area contributed by atoms with Gasteiger partial charge in [-0.15, -0.1) is 0 Å². The van der Waals surface area contributed by atoms with Crippen LogP contribution in [0.15, 0.2) is 26.2 Å². The summed E-state index contributed by atoms with van der Waals surface area (Å²) in [7, 11) is 2.97. The topological polar surface area (TPSA) is 80.3 Å². The molecule has 8 nitrogen and oxygen atoms in total.